The number of carbonyl (C=O) groups excluding carboxylic acids is 4. The van der Waals surface area contributed by atoms with Gasteiger partial charge in [0.2, 0.25) is 0 Å². The molecule has 5 rings (SSSR count). The predicted molar refractivity (Wildman–Crippen MR) is 148 cm³/mol. The van der Waals surface area contributed by atoms with Crippen molar-refractivity contribution in [1.29, 1.82) is 0 Å². The Hall–Kier alpha value is -5.64. The van der Waals surface area contributed by atoms with Crippen LogP contribution in [0.3, 0.4) is 0 Å². The molecular weight excluding hydrogens is 528 g/mol. The van der Waals surface area contributed by atoms with E-state index in [-0.39, 0.29) is 27.9 Å². The lowest BCUT2D eigenvalue weighted by molar-refractivity contribution is -0.384. The van der Waals surface area contributed by atoms with Crippen molar-refractivity contribution in [2.75, 3.05) is 11.5 Å². The van der Waals surface area contributed by atoms with E-state index in [9.17, 15) is 29.3 Å². The van der Waals surface area contributed by atoms with Gasteiger partial charge in [-0.05, 0) is 91.7 Å². The van der Waals surface area contributed by atoms with Gasteiger partial charge in [0.1, 0.15) is 11.5 Å². The van der Waals surface area contributed by atoms with Crippen molar-refractivity contribution in [1.82, 2.24) is 0 Å². The molecule has 10 heteroatoms. The zero-order valence-corrected chi connectivity index (χ0v) is 22.0. The number of nitrogens with zero attached hydrogens (tertiary/aromatic N) is 2. The van der Waals surface area contributed by atoms with Crippen LogP contribution >= 0.6 is 0 Å². The molecule has 0 aliphatic carbocycles. The Morgan fingerprint density at radius 3 is 2.05 bits per heavy atom. The number of esters is 1. The second-order valence-electron chi connectivity index (χ2n) is 9.35. The van der Waals surface area contributed by atoms with Gasteiger partial charge in [0, 0.05) is 17.7 Å². The van der Waals surface area contributed by atoms with Crippen LogP contribution in [0.5, 0.6) is 11.5 Å². The van der Waals surface area contributed by atoms with E-state index >= 15 is 0 Å². The fourth-order valence-electron chi connectivity index (χ4n) is 4.25. The number of nitro benzene ring substituents is 1. The minimum absolute atomic E-state index is 0.0135. The monoisotopic (exact) mass is 550 g/mol. The number of benzene rings is 4. The Labute approximate surface area is 233 Å². The first-order chi connectivity index (χ1) is 19.6. The van der Waals surface area contributed by atoms with E-state index in [4.69, 9.17) is 9.47 Å². The van der Waals surface area contributed by atoms with Crippen molar-refractivity contribution in [2.45, 2.75) is 13.8 Å². The average Bonchev–Trinajstić information content (AvgIpc) is 3.22. The van der Waals surface area contributed by atoms with Gasteiger partial charge in [0.05, 0.1) is 27.3 Å². The van der Waals surface area contributed by atoms with Gasteiger partial charge in [-0.25, -0.2) is 9.69 Å². The van der Waals surface area contributed by atoms with E-state index in [1.54, 1.807) is 24.3 Å². The normalized spacial score (nSPS) is 12.2. The first kappa shape index (κ1) is 26.9. The highest BCUT2D eigenvalue weighted by Crippen LogP contribution is 2.32. The van der Waals surface area contributed by atoms with Crippen molar-refractivity contribution in [3.8, 4) is 11.5 Å². The number of ketones is 1. The van der Waals surface area contributed by atoms with Gasteiger partial charge in [-0.2, -0.15) is 0 Å². The molecule has 1 heterocycles. The molecule has 0 aromatic heterocycles. The predicted octanol–water partition coefficient (Wildman–Crippen LogP) is 5.84. The smallest absolute Gasteiger partial charge is 0.338 e. The van der Waals surface area contributed by atoms with Gasteiger partial charge in [0.25, 0.3) is 17.5 Å². The number of hydrogen-bond donors (Lipinski definition) is 0. The quantitative estimate of drug-likeness (QED) is 0.0878. The maximum atomic E-state index is 13.2. The average molecular weight is 551 g/mol. The summed E-state index contributed by atoms with van der Waals surface area (Å²) >= 11 is 0. The Bertz CT molecular complexity index is 1730. The van der Waals surface area contributed by atoms with Crippen LogP contribution in [-0.2, 0) is 4.74 Å². The molecule has 0 saturated heterocycles. The number of ether oxygens (including phenoxy) is 2. The van der Waals surface area contributed by atoms with Crippen LogP contribution in [0.1, 0.15) is 52.6 Å². The first-order valence-electron chi connectivity index (χ1n) is 12.4. The Morgan fingerprint density at radius 2 is 1.39 bits per heavy atom. The topological polar surface area (TPSA) is 133 Å². The van der Waals surface area contributed by atoms with Crippen LogP contribution in [0.2, 0.25) is 0 Å². The fourth-order valence-corrected chi connectivity index (χ4v) is 4.25. The Morgan fingerprint density at radius 1 is 0.756 bits per heavy atom. The summed E-state index contributed by atoms with van der Waals surface area (Å²) in [6.07, 6.45) is 0. The fraction of sp³-hybridized carbons (Fsp3) is 0.0968. The molecule has 41 heavy (non-hydrogen) atoms. The molecule has 204 valence electrons. The molecule has 10 nitrogen and oxygen atoms in total. The number of fused-ring (bicyclic) bond motifs is 1. The Balaban J connectivity index is 1.26. The third kappa shape index (κ3) is 5.44. The highest BCUT2D eigenvalue weighted by molar-refractivity contribution is 6.34. The molecule has 1 aliphatic heterocycles. The molecule has 2 amide bonds. The summed E-state index contributed by atoms with van der Waals surface area (Å²) in [5.74, 6) is -1.38. The number of rotatable bonds is 8. The van der Waals surface area contributed by atoms with Crippen LogP contribution in [0.4, 0.5) is 11.4 Å². The lowest BCUT2D eigenvalue weighted by atomic mass is 10.1. The highest BCUT2D eigenvalue weighted by Gasteiger charge is 2.37. The molecule has 0 fully saturated rings. The number of hydrogen-bond acceptors (Lipinski definition) is 8. The number of anilines is 1. The molecule has 0 bridgehead atoms. The third-order valence-electron chi connectivity index (χ3n) is 6.67. The maximum Gasteiger partial charge on any atom is 0.338 e. The summed E-state index contributed by atoms with van der Waals surface area (Å²) in [7, 11) is 0. The molecule has 0 atom stereocenters. The van der Waals surface area contributed by atoms with Gasteiger partial charge in [-0.3, -0.25) is 24.5 Å². The standard InChI is InChI=1S/C31H22N2O8/c1-18-3-11-25(15-19(18)2)41-24-12-9-22(10-13-24)32-29(35)26-14-6-21(16-27(26)30(32)36)31(37)40-17-28(34)20-4-7-23(8-5-20)33(38)39/h3-16H,17H2,1-2H3. The minimum atomic E-state index is -0.866. The van der Waals surface area contributed by atoms with Gasteiger partial charge < -0.3 is 9.47 Å². The number of aryl methyl sites for hydroxylation is 2. The Kier molecular flexibility index (Phi) is 7.13. The summed E-state index contributed by atoms with van der Waals surface area (Å²) in [5, 5.41) is 10.8. The van der Waals surface area contributed by atoms with Crippen molar-refractivity contribution < 1.29 is 33.6 Å². The molecule has 4 aromatic rings. The van der Waals surface area contributed by atoms with Crippen LogP contribution in [-0.4, -0.2) is 35.1 Å². The van der Waals surface area contributed by atoms with Gasteiger partial charge in [0.15, 0.2) is 12.4 Å². The first-order valence-corrected chi connectivity index (χ1v) is 12.4. The van der Waals surface area contributed by atoms with Crippen LogP contribution in [0.15, 0.2) is 84.9 Å². The summed E-state index contributed by atoms with van der Waals surface area (Å²) < 4.78 is 11.0. The van der Waals surface area contributed by atoms with Crippen molar-refractivity contribution in [3.63, 3.8) is 0 Å². The molecule has 0 saturated carbocycles. The van der Waals surface area contributed by atoms with Crippen LogP contribution in [0.25, 0.3) is 0 Å². The zero-order chi connectivity index (χ0) is 29.3. The minimum Gasteiger partial charge on any atom is -0.457 e. The van der Waals surface area contributed by atoms with E-state index in [0.717, 1.165) is 16.0 Å². The second-order valence-corrected chi connectivity index (χ2v) is 9.35. The molecule has 0 N–H and O–H groups in total. The number of imide groups is 1. The summed E-state index contributed by atoms with van der Waals surface area (Å²) in [5.41, 5.74) is 2.67. The van der Waals surface area contributed by atoms with E-state index < -0.39 is 35.1 Å². The van der Waals surface area contributed by atoms with Crippen molar-refractivity contribution in [2.24, 2.45) is 0 Å². The number of non-ortho nitro benzene ring substituents is 1. The molecular formula is C31H22N2O8. The number of nitro groups is 1. The highest BCUT2D eigenvalue weighted by atomic mass is 16.6. The summed E-state index contributed by atoms with van der Waals surface area (Å²) in [6.45, 7) is 3.39. The van der Waals surface area contributed by atoms with Gasteiger partial charge >= 0.3 is 5.97 Å². The molecule has 4 aromatic carbocycles. The van der Waals surface area contributed by atoms with E-state index in [1.807, 2.05) is 32.0 Å². The molecule has 1 aliphatic rings. The van der Waals surface area contributed by atoms with E-state index in [1.165, 1.54) is 42.5 Å². The zero-order valence-electron chi connectivity index (χ0n) is 22.0. The van der Waals surface area contributed by atoms with Gasteiger partial charge in [-0.1, -0.05) is 6.07 Å². The summed E-state index contributed by atoms with van der Waals surface area (Å²) in [6, 6.07) is 21.1. The van der Waals surface area contributed by atoms with Crippen LogP contribution in [0, 0.1) is 24.0 Å². The molecule has 0 unspecified atom stereocenters. The van der Waals surface area contributed by atoms with Crippen molar-refractivity contribution in [3.05, 3.63) is 128 Å². The lowest BCUT2D eigenvalue weighted by Gasteiger charge is -2.15. The van der Waals surface area contributed by atoms with Crippen LogP contribution < -0.4 is 9.64 Å². The third-order valence-corrected chi connectivity index (χ3v) is 6.67. The van der Waals surface area contributed by atoms with E-state index in [0.29, 0.717) is 17.2 Å². The molecule has 0 radical (unpaired) electrons. The SMILES string of the molecule is Cc1ccc(Oc2ccc(N3C(=O)c4ccc(C(=O)OCC(=O)c5ccc([N+](=O)[O-])cc5)cc4C3=O)cc2)cc1C. The number of carbonyl (C=O) groups is 4. The lowest BCUT2D eigenvalue weighted by Crippen LogP contribution is -2.29. The number of Topliss-reactive ketones (excluding diaryl/α,β-unsaturated/α-hetero) is 1. The maximum absolute atomic E-state index is 13.2. The largest absolute Gasteiger partial charge is 0.457 e. The van der Waals surface area contributed by atoms with Gasteiger partial charge in [-0.15, -0.1) is 0 Å². The summed E-state index contributed by atoms with van der Waals surface area (Å²) in [4.78, 5) is 62.3. The molecule has 0 spiro atoms. The van der Waals surface area contributed by atoms with E-state index in [2.05, 4.69) is 0 Å². The second kappa shape index (κ2) is 10.9. The number of amides is 2. The van der Waals surface area contributed by atoms with Crippen molar-refractivity contribution >= 4 is 34.9 Å².